The summed E-state index contributed by atoms with van der Waals surface area (Å²) in [4.78, 5) is 0. The third-order valence-corrected chi connectivity index (χ3v) is 3.31. The monoisotopic (exact) mass is 186 g/mol. The Kier molecular flexibility index (Phi) is 3.03. The van der Waals surface area contributed by atoms with Crippen LogP contribution < -0.4 is 0 Å². The molecule has 2 unspecified atom stereocenters. The second-order valence-corrected chi connectivity index (χ2v) is 5.42. The average Bonchev–Trinajstić information content (AvgIpc) is 1.78. The van der Waals surface area contributed by atoms with Gasteiger partial charge in [0.15, 0.2) is 0 Å². The maximum Gasteiger partial charge on any atom is 0.0600 e. The molecule has 0 heterocycles. The van der Waals surface area contributed by atoms with Gasteiger partial charge in [-0.25, -0.2) is 0 Å². The van der Waals surface area contributed by atoms with Gasteiger partial charge >= 0.3 is 0 Å². The fraction of sp³-hybridized carbons (Fsp3) is 1.00. The summed E-state index contributed by atoms with van der Waals surface area (Å²) in [6, 6.07) is 0. The summed E-state index contributed by atoms with van der Waals surface area (Å²) in [7, 11) is 0. The van der Waals surface area contributed by atoms with Gasteiger partial charge in [-0.3, -0.25) is 0 Å². The zero-order valence-corrected chi connectivity index (χ0v) is 9.12. The van der Waals surface area contributed by atoms with E-state index in [9.17, 15) is 10.2 Å². The van der Waals surface area contributed by atoms with E-state index in [0.717, 1.165) is 6.42 Å². The predicted octanol–water partition coefficient (Wildman–Crippen LogP) is 1.80. The van der Waals surface area contributed by atoms with Gasteiger partial charge < -0.3 is 10.2 Å². The van der Waals surface area contributed by atoms with E-state index < -0.39 is 0 Å². The molecule has 1 fully saturated rings. The minimum atomic E-state index is -0.334. The Hall–Kier alpha value is -0.0800. The van der Waals surface area contributed by atoms with Crippen molar-refractivity contribution in [3.8, 4) is 0 Å². The first-order valence-corrected chi connectivity index (χ1v) is 5.20. The number of aliphatic hydroxyl groups is 2. The summed E-state index contributed by atoms with van der Waals surface area (Å²) in [6.07, 6.45) is 0.706. The van der Waals surface area contributed by atoms with Crippen molar-refractivity contribution in [1.29, 1.82) is 0 Å². The standard InChI is InChI=1S/C11H22O2/c1-7(2)10-9(13)5-8(12)6-11(10,3)4/h7-10,12-13H,5-6H2,1-4H3/t8?,9-,10?/m1/s1. The summed E-state index contributed by atoms with van der Waals surface area (Å²) in [6.45, 7) is 8.58. The maximum absolute atomic E-state index is 9.89. The lowest BCUT2D eigenvalue weighted by Crippen LogP contribution is -2.46. The lowest BCUT2D eigenvalue weighted by molar-refractivity contribution is -0.0835. The molecule has 0 radical (unpaired) electrons. The molecule has 1 aliphatic carbocycles. The van der Waals surface area contributed by atoms with Crippen molar-refractivity contribution in [3.63, 3.8) is 0 Å². The van der Waals surface area contributed by atoms with Crippen molar-refractivity contribution >= 4 is 0 Å². The topological polar surface area (TPSA) is 40.5 Å². The Bertz CT molecular complexity index is 175. The van der Waals surface area contributed by atoms with Gasteiger partial charge in [-0.1, -0.05) is 27.7 Å². The highest BCUT2D eigenvalue weighted by Crippen LogP contribution is 2.44. The van der Waals surface area contributed by atoms with Gasteiger partial charge in [-0.05, 0) is 30.1 Å². The van der Waals surface area contributed by atoms with E-state index in [4.69, 9.17) is 0 Å². The molecule has 13 heavy (non-hydrogen) atoms. The van der Waals surface area contributed by atoms with Crippen LogP contribution in [0.1, 0.15) is 40.5 Å². The Labute approximate surface area is 81.0 Å². The SMILES string of the molecule is CC(C)C1[C@H](O)CC(O)CC1(C)C. The van der Waals surface area contributed by atoms with E-state index in [0.29, 0.717) is 18.3 Å². The van der Waals surface area contributed by atoms with Crippen LogP contribution in [-0.4, -0.2) is 22.4 Å². The fourth-order valence-electron chi connectivity index (χ4n) is 3.12. The van der Waals surface area contributed by atoms with Crippen molar-refractivity contribution in [1.82, 2.24) is 0 Å². The van der Waals surface area contributed by atoms with Gasteiger partial charge in [0.2, 0.25) is 0 Å². The minimum absolute atomic E-state index is 0.0608. The number of hydrogen-bond donors (Lipinski definition) is 2. The quantitative estimate of drug-likeness (QED) is 0.655. The van der Waals surface area contributed by atoms with Gasteiger partial charge in [-0.2, -0.15) is 0 Å². The van der Waals surface area contributed by atoms with Crippen LogP contribution in [0.5, 0.6) is 0 Å². The molecular weight excluding hydrogens is 164 g/mol. The normalized spacial score (nSPS) is 39.5. The second-order valence-electron chi connectivity index (χ2n) is 5.42. The summed E-state index contributed by atoms with van der Waals surface area (Å²) in [5, 5.41) is 19.4. The first-order valence-electron chi connectivity index (χ1n) is 5.20. The molecule has 3 atom stereocenters. The molecular formula is C11H22O2. The molecule has 0 amide bonds. The highest BCUT2D eigenvalue weighted by atomic mass is 16.3. The highest BCUT2D eigenvalue weighted by molar-refractivity contribution is 4.92. The van der Waals surface area contributed by atoms with Crippen molar-refractivity contribution in [2.24, 2.45) is 17.3 Å². The molecule has 1 saturated carbocycles. The van der Waals surface area contributed by atoms with Crippen molar-refractivity contribution in [3.05, 3.63) is 0 Å². The van der Waals surface area contributed by atoms with E-state index >= 15 is 0 Å². The molecule has 1 rings (SSSR count). The Morgan fingerprint density at radius 3 is 2.15 bits per heavy atom. The molecule has 0 spiro atoms. The third kappa shape index (κ3) is 2.23. The summed E-state index contributed by atoms with van der Waals surface area (Å²) in [5.74, 6) is 0.799. The van der Waals surface area contributed by atoms with Gasteiger partial charge in [0.05, 0.1) is 12.2 Å². The Morgan fingerprint density at radius 2 is 1.77 bits per heavy atom. The van der Waals surface area contributed by atoms with Gasteiger partial charge in [0, 0.05) is 0 Å². The van der Waals surface area contributed by atoms with Crippen LogP contribution in [0.25, 0.3) is 0 Å². The van der Waals surface area contributed by atoms with E-state index in [1.807, 2.05) is 0 Å². The lowest BCUT2D eigenvalue weighted by Gasteiger charge is -2.46. The zero-order chi connectivity index (χ0) is 10.2. The van der Waals surface area contributed by atoms with Crippen LogP contribution in [0.15, 0.2) is 0 Å². The number of rotatable bonds is 1. The number of hydrogen-bond acceptors (Lipinski definition) is 2. The first-order chi connectivity index (χ1) is 5.84. The molecule has 0 aromatic heterocycles. The molecule has 0 saturated heterocycles. The van der Waals surface area contributed by atoms with Crippen LogP contribution in [0.4, 0.5) is 0 Å². The average molecular weight is 186 g/mol. The predicted molar refractivity (Wildman–Crippen MR) is 53.4 cm³/mol. The van der Waals surface area contributed by atoms with Gasteiger partial charge in [-0.15, -0.1) is 0 Å². The lowest BCUT2D eigenvalue weighted by atomic mass is 9.62. The second kappa shape index (κ2) is 3.58. The smallest absolute Gasteiger partial charge is 0.0600 e. The van der Waals surface area contributed by atoms with Gasteiger partial charge in [0.1, 0.15) is 0 Å². The van der Waals surface area contributed by atoms with Crippen molar-refractivity contribution in [2.45, 2.75) is 52.7 Å². The van der Waals surface area contributed by atoms with E-state index in [2.05, 4.69) is 27.7 Å². The van der Waals surface area contributed by atoms with Crippen molar-refractivity contribution in [2.75, 3.05) is 0 Å². The zero-order valence-electron chi connectivity index (χ0n) is 9.12. The van der Waals surface area contributed by atoms with Crippen LogP contribution in [0.3, 0.4) is 0 Å². The third-order valence-electron chi connectivity index (χ3n) is 3.31. The summed E-state index contributed by atoms with van der Waals surface area (Å²) < 4.78 is 0. The van der Waals surface area contributed by atoms with Crippen LogP contribution in [0, 0.1) is 17.3 Å². The van der Waals surface area contributed by atoms with Gasteiger partial charge in [0.25, 0.3) is 0 Å². The van der Waals surface area contributed by atoms with Crippen molar-refractivity contribution < 1.29 is 10.2 Å². The molecule has 0 aromatic carbocycles. The molecule has 2 nitrogen and oxygen atoms in total. The molecule has 0 aromatic rings. The molecule has 2 heteroatoms. The first kappa shape index (κ1) is 11.0. The Balaban J connectivity index is 2.79. The molecule has 1 aliphatic rings. The van der Waals surface area contributed by atoms with E-state index in [1.165, 1.54) is 0 Å². The molecule has 0 bridgehead atoms. The maximum atomic E-state index is 9.89. The summed E-state index contributed by atoms with van der Waals surface area (Å²) in [5.41, 5.74) is 0.0608. The molecule has 2 N–H and O–H groups in total. The minimum Gasteiger partial charge on any atom is -0.393 e. The fourth-order valence-corrected chi connectivity index (χ4v) is 3.12. The van der Waals surface area contributed by atoms with E-state index in [1.54, 1.807) is 0 Å². The molecule has 0 aliphatic heterocycles. The van der Waals surface area contributed by atoms with Crippen LogP contribution >= 0.6 is 0 Å². The Morgan fingerprint density at radius 1 is 1.23 bits per heavy atom. The van der Waals surface area contributed by atoms with E-state index in [-0.39, 0.29) is 17.6 Å². The number of aliphatic hydroxyl groups excluding tert-OH is 2. The summed E-state index contributed by atoms with van der Waals surface area (Å²) >= 11 is 0. The largest absolute Gasteiger partial charge is 0.393 e. The highest BCUT2D eigenvalue weighted by Gasteiger charge is 2.42. The molecule has 78 valence electrons. The van der Waals surface area contributed by atoms with Crippen LogP contribution in [-0.2, 0) is 0 Å². The van der Waals surface area contributed by atoms with Crippen LogP contribution in [0.2, 0.25) is 0 Å².